The third-order valence-electron chi connectivity index (χ3n) is 4.23. The van der Waals surface area contributed by atoms with Gasteiger partial charge in [-0.15, -0.1) is 0 Å². The summed E-state index contributed by atoms with van der Waals surface area (Å²) in [6.07, 6.45) is 3.42. The van der Waals surface area contributed by atoms with Crippen molar-refractivity contribution in [3.8, 4) is 0 Å². The number of para-hydroxylation sites is 1. The number of fused-ring (bicyclic) bond motifs is 6. The van der Waals surface area contributed by atoms with E-state index in [2.05, 4.69) is 9.97 Å². The molecule has 98 valence electrons. The van der Waals surface area contributed by atoms with Crippen LogP contribution in [0.4, 0.5) is 0 Å². The molecular formula is C13H13N3O2S. The van der Waals surface area contributed by atoms with Crippen LogP contribution in [0.1, 0.15) is 42.5 Å². The number of rotatable bonds is 1. The van der Waals surface area contributed by atoms with Crippen molar-refractivity contribution in [3.63, 3.8) is 0 Å². The van der Waals surface area contributed by atoms with Gasteiger partial charge in [0.2, 0.25) is 10.0 Å². The summed E-state index contributed by atoms with van der Waals surface area (Å²) in [5.41, 5.74) is 3.09. The summed E-state index contributed by atoms with van der Waals surface area (Å²) in [5.74, 6) is 0.959. The average molecular weight is 275 g/mol. The smallest absolute Gasteiger partial charge is 0.240 e. The minimum Gasteiger partial charge on any atom is -0.249 e. The van der Waals surface area contributed by atoms with E-state index in [-0.39, 0.29) is 4.90 Å². The fraction of sp³-hybridized carbons (Fsp3) is 0.385. The third-order valence-corrected chi connectivity index (χ3v) is 5.17. The maximum Gasteiger partial charge on any atom is 0.240 e. The summed E-state index contributed by atoms with van der Waals surface area (Å²) in [5, 5.41) is 5.25. The van der Waals surface area contributed by atoms with Crippen molar-refractivity contribution in [2.45, 2.75) is 36.0 Å². The maximum atomic E-state index is 11.6. The molecule has 2 bridgehead atoms. The Kier molecular flexibility index (Phi) is 2.09. The Bertz CT molecular complexity index is 801. The van der Waals surface area contributed by atoms with Gasteiger partial charge in [0.25, 0.3) is 0 Å². The highest BCUT2D eigenvalue weighted by Crippen LogP contribution is 2.51. The van der Waals surface area contributed by atoms with Crippen LogP contribution in [-0.4, -0.2) is 18.4 Å². The summed E-state index contributed by atoms with van der Waals surface area (Å²) < 4.78 is 23.2. The van der Waals surface area contributed by atoms with Crippen LogP contribution < -0.4 is 5.14 Å². The summed E-state index contributed by atoms with van der Waals surface area (Å²) in [7, 11) is -3.76. The quantitative estimate of drug-likeness (QED) is 0.857. The predicted molar refractivity (Wildman–Crippen MR) is 70.2 cm³/mol. The molecule has 1 aromatic carbocycles. The van der Waals surface area contributed by atoms with Gasteiger partial charge >= 0.3 is 0 Å². The van der Waals surface area contributed by atoms with Crippen molar-refractivity contribution in [2.75, 3.05) is 0 Å². The van der Waals surface area contributed by atoms with Gasteiger partial charge in [-0.2, -0.15) is 0 Å². The summed E-state index contributed by atoms with van der Waals surface area (Å²) in [4.78, 5) is 9.29. The van der Waals surface area contributed by atoms with Crippen LogP contribution >= 0.6 is 0 Å². The van der Waals surface area contributed by atoms with E-state index in [1.54, 1.807) is 12.1 Å². The van der Waals surface area contributed by atoms with Gasteiger partial charge in [-0.1, -0.05) is 6.07 Å². The van der Waals surface area contributed by atoms with Gasteiger partial charge < -0.3 is 0 Å². The number of benzene rings is 1. The molecule has 2 aliphatic carbocycles. The lowest BCUT2D eigenvalue weighted by Crippen LogP contribution is -2.14. The largest absolute Gasteiger partial charge is 0.249 e. The molecule has 1 aromatic heterocycles. The maximum absolute atomic E-state index is 11.6. The van der Waals surface area contributed by atoms with E-state index in [1.807, 2.05) is 0 Å². The monoisotopic (exact) mass is 275 g/mol. The molecule has 0 radical (unpaired) electrons. The van der Waals surface area contributed by atoms with Gasteiger partial charge in [-0.25, -0.2) is 23.5 Å². The van der Waals surface area contributed by atoms with Crippen molar-refractivity contribution >= 4 is 21.1 Å². The third kappa shape index (κ3) is 1.53. The van der Waals surface area contributed by atoms with Gasteiger partial charge in [-0.05, 0) is 31.4 Å². The Morgan fingerprint density at radius 1 is 1.11 bits per heavy atom. The van der Waals surface area contributed by atoms with Gasteiger partial charge in [0.15, 0.2) is 0 Å². The Balaban J connectivity index is 2.07. The molecule has 4 rings (SSSR count). The minimum atomic E-state index is -3.76. The van der Waals surface area contributed by atoms with Crippen molar-refractivity contribution in [1.29, 1.82) is 0 Å². The molecule has 0 saturated heterocycles. The standard InChI is InChI=1S/C13H13N3O2S/c14-19(17,18)10-3-1-2-9-13(10)16-12-8-5-4-7(6-8)11(12)15-9/h1-3,7-8H,4-6H2,(H2,14,17,18)/t7-,8+/m1/s1. The topological polar surface area (TPSA) is 85.9 Å². The van der Waals surface area contributed by atoms with E-state index in [0.29, 0.717) is 22.9 Å². The Morgan fingerprint density at radius 2 is 1.79 bits per heavy atom. The van der Waals surface area contributed by atoms with E-state index in [1.165, 1.54) is 12.5 Å². The molecule has 19 heavy (non-hydrogen) atoms. The Labute approximate surface area is 110 Å². The van der Waals surface area contributed by atoms with Gasteiger partial charge in [0.05, 0.1) is 16.9 Å². The first-order valence-electron chi connectivity index (χ1n) is 6.37. The zero-order valence-corrected chi connectivity index (χ0v) is 11.0. The molecular weight excluding hydrogens is 262 g/mol. The fourth-order valence-electron chi connectivity index (χ4n) is 3.39. The molecule has 1 heterocycles. The molecule has 2 atom stereocenters. The predicted octanol–water partition coefficient (Wildman–Crippen LogP) is 1.64. The highest BCUT2D eigenvalue weighted by Gasteiger charge is 2.39. The molecule has 1 fully saturated rings. The van der Waals surface area contributed by atoms with Crippen LogP contribution in [0.5, 0.6) is 0 Å². The van der Waals surface area contributed by atoms with Crippen molar-refractivity contribution in [3.05, 3.63) is 29.6 Å². The van der Waals surface area contributed by atoms with E-state index < -0.39 is 10.0 Å². The molecule has 0 aliphatic heterocycles. The zero-order chi connectivity index (χ0) is 13.2. The van der Waals surface area contributed by atoms with E-state index >= 15 is 0 Å². The van der Waals surface area contributed by atoms with Crippen molar-refractivity contribution in [2.24, 2.45) is 5.14 Å². The highest BCUT2D eigenvalue weighted by atomic mass is 32.2. The van der Waals surface area contributed by atoms with E-state index in [9.17, 15) is 8.42 Å². The van der Waals surface area contributed by atoms with Gasteiger partial charge in [-0.3, -0.25) is 0 Å². The molecule has 0 spiro atoms. The first kappa shape index (κ1) is 11.3. The van der Waals surface area contributed by atoms with Gasteiger partial charge in [0, 0.05) is 11.8 Å². The van der Waals surface area contributed by atoms with E-state index in [4.69, 9.17) is 5.14 Å². The fourth-order valence-corrected chi connectivity index (χ4v) is 4.07. The second kappa shape index (κ2) is 3.52. The van der Waals surface area contributed by atoms with E-state index in [0.717, 1.165) is 24.2 Å². The first-order valence-corrected chi connectivity index (χ1v) is 7.92. The Hall–Kier alpha value is -1.53. The van der Waals surface area contributed by atoms with Crippen molar-refractivity contribution in [1.82, 2.24) is 9.97 Å². The summed E-state index contributed by atoms with van der Waals surface area (Å²) >= 11 is 0. The lowest BCUT2D eigenvalue weighted by atomic mass is 10.0. The summed E-state index contributed by atoms with van der Waals surface area (Å²) in [6, 6.07) is 4.95. The SMILES string of the molecule is NS(=O)(=O)c1cccc2nc3c(nc12)[C@H]1CC[C@@H]3C1. The number of hydrogen-bond donors (Lipinski definition) is 1. The van der Waals surface area contributed by atoms with Crippen molar-refractivity contribution < 1.29 is 8.42 Å². The lowest BCUT2D eigenvalue weighted by molar-refractivity contribution is 0.598. The van der Waals surface area contributed by atoms with Crippen LogP contribution in [-0.2, 0) is 10.0 Å². The van der Waals surface area contributed by atoms with Crippen LogP contribution in [0.3, 0.4) is 0 Å². The van der Waals surface area contributed by atoms with Crippen LogP contribution in [0.25, 0.3) is 11.0 Å². The zero-order valence-electron chi connectivity index (χ0n) is 10.2. The molecule has 0 unspecified atom stereocenters. The molecule has 0 amide bonds. The number of sulfonamides is 1. The summed E-state index contributed by atoms with van der Waals surface area (Å²) in [6.45, 7) is 0. The van der Waals surface area contributed by atoms with Crippen LogP contribution in [0.2, 0.25) is 0 Å². The molecule has 2 aromatic rings. The molecule has 6 heteroatoms. The van der Waals surface area contributed by atoms with Crippen LogP contribution in [0, 0.1) is 0 Å². The highest BCUT2D eigenvalue weighted by molar-refractivity contribution is 7.89. The average Bonchev–Trinajstić information content (AvgIpc) is 2.96. The van der Waals surface area contributed by atoms with Gasteiger partial charge in [0.1, 0.15) is 10.4 Å². The number of nitrogens with two attached hydrogens (primary N) is 1. The minimum absolute atomic E-state index is 0.0723. The Morgan fingerprint density at radius 3 is 2.47 bits per heavy atom. The first-order chi connectivity index (χ1) is 9.04. The normalized spacial score (nSPS) is 24.9. The molecule has 1 saturated carbocycles. The number of aromatic nitrogens is 2. The molecule has 2 N–H and O–H groups in total. The number of primary sulfonamides is 1. The van der Waals surface area contributed by atoms with Crippen LogP contribution in [0.15, 0.2) is 23.1 Å². The number of hydrogen-bond acceptors (Lipinski definition) is 4. The molecule has 2 aliphatic rings. The lowest BCUT2D eigenvalue weighted by Gasteiger charge is -2.14. The second-order valence-corrected chi connectivity index (χ2v) is 6.90. The second-order valence-electron chi connectivity index (χ2n) is 5.37. The number of nitrogens with zero attached hydrogens (tertiary/aromatic N) is 2. The molecule has 5 nitrogen and oxygen atoms in total.